The maximum absolute atomic E-state index is 12.2. The Balaban J connectivity index is 1.79. The van der Waals surface area contributed by atoms with Crippen molar-refractivity contribution in [2.24, 2.45) is 0 Å². The fraction of sp³-hybridized carbons (Fsp3) is 0.286. The van der Waals surface area contributed by atoms with Gasteiger partial charge in [0.05, 0.1) is 29.7 Å². The van der Waals surface area contributed by atoms with Gasteiger partial charge in [0, 0.05) is 19.3 Å². The minimum absolute atomic E-state index is 0.149. The van der Waals surface area contributed by atoms with E-state index in [0.717, 1.165) is 5.69 Å². The van der Waals surface area contributed by atoms with Crippen LogP contribution in [0.5, 0.6) is 0 Å². The van der Waals surface area contributed by atoms with Crippen molar-refractivity contribution >= 4 is 5.91 Å². The fourth-order valence-electron chi connectivity index (χ4n) is 2.27. The van der Waals surface area contributed by atoms with E-state index < -0.39 is 12.2 Å². The second kappa shape index (κ2) is 5.07. The van der Waals surface area contributed by atoms with Crippen LogP contribution < -0.4 is 0 Å². The van der Waals surface area contributed by atoms with E-state index in [1.165, 1.54) is 11.1 Å². The van der Waals surface area contributed by atoms with E-state index in [1.807, 2.05) is 30.3 Å². The molecule has 6 heteroatoms. The van der Waals surface area contributed by atoms with E-state index in [-0.39, 0.29) is 19.0 Å². The highest BCUT2D eigenvalue weighted by atomic mass is 16.3. The van der Waals surface area contributed by atoms with Crippen LogP contribution in [0.2, 0.25) is 0 Å². The maximum atomic E-state index is 12.2. The molecule has 1 aliphatic heterocycles. The molecular formula is C14H15N3O3. The molecule has 1 aromatic carbocycles. The van der Waals surface area contributed by atoms with Crippen molar-refractivity contribution in [1.82, 2.24) is 14.7 Å². The number of para-hydroxylation sites is 1. The zero-order valence-corrected chi connectivity index (χ0v) is 10.8. The van der Waals surface area contributed by atoms with Gasteiger partial charge in [-0.05, 0) is 12.1 Å². The summed E-state index contributed by atoms with van der Waals surface area (Å²) in [6.45, 7) is 0.299. The Morgan fingerprint density at radius 2 is 1.80 bits per heavy atom. The van der Waals surface area contributed by atoms with Gasteiger partial charge < -0.3 is 15.1 Å². The number of nitrogens with zero attached hydrogens (tertiary/aromatic N) is 3. The fourth-order valence-corrected chi connectivity index (χ4v) is 2.27. The van der Waals surface area contributed by atoms with Crippen LogP contribution in [0.15, 0.2) is 42.7 Å². The van der Waals surface area contributed by atoms with Gasteiger partial charge in [-0.25, -0.2) is 4.68 Å². The van der Waals surface area contributed by atoms with Crippen LogP contribution in [-0.2, 0) is 0 Å². The van der Waals surface area contributed by atoms with Gasteiger partial charge in [0.25, 0.3) is 5.91 Å². The number of likely N-dealkylation sites (tertiary alicyclic amines) is 1. The van der Waals surface area contributed by atoms with Crippen molar-refractivity contribution in [3.8, 4) is 5.69 Å². The molecule has 0 aliphatic carbocycles. The molecule has 1 amide bonds. The second-order valence-corrected chi connectivity index (χ2v) is 4.85. The van der Waals surface area contributed by atoms with Crippen molar-refractivity contribution in [2.75, 3.05) is 13.1 Å². The summed E-state index contributed by atoms with van der Waals surface area (Å²) in [5.74, 6) is -0.234. The predicted octanol–water partition coefficient (Wildman–Crippen LogP) is 0.0499. The van der Waals surface area contributed by atoms with E-state index in [1.54, 1.807) is 10.9 Å². The number of aromatic nitrogens is 2. The molecule has 2 atom stereocenters. The summed E-state index contributed by atoms with van der Waals surface area (Å²) >= 11 is 0. The van der Waals surface area contributed by atoms with Gasteiger partial charge in [0.1, 0.15) is 0 Å². The Morgan fingerprint density at radius 1 is 1.15 bits per heavy atom. The summed E-state index contributed by atoms with van der Waals surface area (Å²) in [6.07, 6.45) is 1.40. The predicted molar refractivity (Wildman–Crippen MR) is 71.5 cm³/mol. The molecule has 0 spiro atoms. The van der Waals surface area contributed by atoms with Crippen molar-refractivity contribution in [2.45, 2.75) is 12.2 Å². The van der Waals surface area contributed by atoms with E-state index in [0.29, 0.717) is 5.56 Å². The monoisotopic (exact) mass is 273 g/mol. The zero-order chi connectivity index (χ0) is 14.1. The SMILES string of the molecule is O=C(c1cnn(-c2ccccc2)c1)N1C[C@@H](O)[C@@H](O)C1. The molecule has 0 radical (unpaired) electrons. The normalized spacial score (nSPS) is 22.2. The summed E-state index contributed by atoms with van der Waals surface area (Å²) in [5, 5.41) is 23.1. The average molecular weight is 273 g/mol. The van der Waals surface area contributed by atoms with E-state index in [4.69, 9.17) is 0 Å². The number of carbonyl (C=O) groups excluding carboxylic acids is 1. The molecule has 0 unspecified atom stereocenters. The summed E-state index contributed by atoms with van der Waals surface area (Å²) in [4.78, 5) is 13.7. The highest BCUT2D eigenvalue weighted by Crippen LogP contribution is 2.15. The van der Waals surface area contributed by atoms with Crippen LogP contribution in [-0.4, -0.2) is 56.1 Å². The summed E-state index contributed by atoms with van der Waals surface area (Å²) in [6, 6.07) is 9.48. The Hall–Kier alpha value is -2.18. The molecule has 1 aromatic heterocycles. The molecule has 20 heavy (non-hydrogen) atoms. The number of hydrogen-bond acceptors (Lipinski definition) is 4. The van der Waals surface area contributed by atoms with Gasteiger partial charge in [0.15, 0.2) is 0 Å². The first-order chi connectivity index (χ1) is 9.65. The molecule has 3 rings (SSSR count). The number of hydrogen-bond donors (Lipinski definition) is 2. The number of amides is 1. The number of carbonyl (C=O) groups is 1. The highest BCUT2D eigenvalue weighted by molar-refractivity contribution is 5.94. The third-order valence-electron chi connectivity index (χ3n) is 3.40. The van der Waals surface area contributed by atoms with Gasteiger partial charge in [0.2, 0.25) is 0 Å². The van der Waals surface area contributed by atoms with Crippen LogP contribution in [0.3, 0.4) is 0 Å². The van der Waals surface area contributed by atoms with Crippen LogP contribution in [0.25, 0.3) is 5.69 Å². The number of rotatable bonds is 2. The average Bonchev–Trinajstić information content (AvgIpc) is 3.07. The first-order valence-corrected chi connectivity index (χ1v) is 6.40. The first-order valence-electron chi connectivity index (χ1n) is 6.40. The van der Waals surface area contributed by atoms with E-state index in [2.05, 4.69) is 5.10 Å². The molecule has 2 heterocycles. The van der Waals surface area contributed by atoms with Gasteiger partial charge >= 0.3 is 0 Å². The number of aliphatic hydroxyl groups is 2. The largest absolute Gasteiger partial charge is 0.388 e. The lowest BCUT2D eigenvalue weighted by Gasteiger charge is -2.13. The molecule has 6 nitrogen and oxygen atoms in total. The molecule has 0 saturated carbocycles. The lowest BCUT2D eigenvalue weighted by atomic mass is 10.3. The Kier molecular flexibility index (Phi) is 3.25. The van der Waals surface area contributed by atoms with Gasteiger partial charge in [-0.15, -0.1) is 0 Å². The van der Waals surface area contributed by atoms with Crippen LogP contribution >= 0.6 is 0 Å². The number of benzene rings is 1. The molecule has 2 aromatic rings. The molecule has 104 valence electrons. The Labute approximate surface area is 115 Å². The minimum atomic E-state index is -0.872. The van der Waals surface area contributed by atoms with Gasteiger partial charge in [-0.3, -0.25) is 4.79 Å². The molecule has 1 aliphatic rings. The van der Waals surface area contributed by atoms with E-state index >= 15 is 0 Å². The third-order valence-corrected chi connectivity index (χ3v) is 3.40. The third kappa shape index (κ3) is 2.31. The van der Waals surface area contributed by atoms with Crippen molar-refractivity contribution in [3.63, 3.8) is 0 Å². The summed E-state index contributed by atoms with van der Waals surface area (Å²) < 4.78 is 1.62. The highest BCUT2D eigenvalue weighted by Gasteiger charge is 2.33. The van der Waals surface area contributed by atoms with Crippen LogP contribution in [0.4, 0.5) is 0 Å². The van der Waals surface area contributed by atoms with Crippen LogP contribution in [0, 0.1) is 0 Å². The maximum Gasteiger partial charge on any atom is 0.257 e. The van der Waals surface area contributed by atoms with Crippen molar-refractivity contribution in [1.29, 1.82) is 0 Å². The van der Waals surface area contributed by atoms with Crippen LogP contribution in [0.1, 0.15) is 10.4 Å². The minimum Gasteiger partial charge on any atom is -0.388 e. The van der Waals surface area contributed by atoms with Gasteiger partial charge in [-0.1, -0.05) is 18.2 Å². The summed E-state index contributed by atoms with van der Waals surface area (Å²) in [7, 11) is 0. The van der Waals surface area contributed by atoms with Crippen molar-refractivity contribution < 1.29 is 15.0 Å². The first kappa shape index (κ1) is 12.8. The summed E-state index contributed by atoms with van der Waals surface area (Å²) in [5.41, 5.74) is 1.31. The standard InChI is InChI=1S/C14H15N3O3/c18-12-8-16(9-13(12)19)14(20)10-6-15-17(7-10)11-4-2-1-3-5-11/h1-7,12-13,18-19H,8-9H2/t12-,13+. The Morgan fingerprint density at radius 3 is 2.45 bits per heavy atom. The molecule has 1 fully saturated rings. The lowest BCUT2D eigenvalue weighted by Crippen LogP contribution is -2.29. The molecule has 2 N–H and O–H groups in total. The van der Waals surface area contributed by atoms with E-state index in [9.17, 15) is 15.0 Å². The quantitative estimate of drug-likeness (QED) is 0.810. The second-order valence-electron chi connectivity index (χ2n) is 4.85. The number of aliphatic hydroxyl groups excluding tert-OH is 2. The zero-order valence-electron chi connectivity index (χ0n) is 10.8. The molecule has 1 saturated heterocycles. The molecule has 0 bridgehead atoms. The topological polar surface area (TPSA) is 78.6 Å². The Bertz CT molecular complexity index is 601. The molecular weight excluding hydrogens is 258 g/mol. The number of β-amino-alcohol motifs (C(OH)–C–C–N with tert-alkyl or cyclic N) is 2. The van der Waals surface area contributed by atoms with Crippen molar-refractivity contribution in [3.05, 3.63) is 48.3 Å². The smallest absolute Gasteiger partial charge is 0.257 e. The van der Waals surface area contributed by atoms with Gasteiger partial charge in [-0.2, -0.15) is 5.10 Å². The lowest BCUT2D eigenvalue weighted by molar-refractivity contribution is 0.0572.